The van der Waals surface area contributed by atoms with Crippen LogP contribution in [-0.2, 0) is 6.54 Å². The van der Waals surface area contributed by atoms with E-state index < -0.39 is 17.4 Å². The number of aromatic nitrogens is 2. The van der Waals surface area contributed by atoms with Gasteiger partial charge in [-0.25, -0.2) is 19.1 Å². The molecule has 0 radical (unpaired) electrons. The number of hydrogen-bond acceptors (Lipinski definition) is 5. The van der Waals surface area contributed by atoms with Crippen molar-refractivity contribution in [3.8, 4) is 0 Å². The Bertz CT molecular complexity index is 1170. The van der Waals surface area contributed by atoms with Gasteiger partial charge in [0.2, 0.25) is 5.95 Å². The van der Waals surface area contributed by atoms with Crippen LogP contribution in [0.4, 0.5) is 26.6 Å². The van der Waals surface area contributed by atoms with Crippen LogP contribution in [-0.4, -0.2) is 32.7 Å². The second-order valence-electron chi connectivity index (χ2n) is 8.06. The van der Waals surface area contributed by atoms with Gasteiger partial charge in [0, 0.05) is 18.8 Å². The maximum absolute atomic E-state index is 13.5. The highest BCUT2D eigenvalue weighted by Gasteiger charge is 2.24. The summed E-state index contributed by atoms with van der Waals surface area (Å²) in [5.74, 6) is -0.0138. The molecule has 7 nitrogen and oxygen atoms in total. The first-order valence-corrected chi connectivity index (χ1v) is 11.4. The molecule has 34 heavy (non-hydrogen) atoms. The third-order valence-corrected chi connectivity index (χ3v) is 6.44. The van der Waals surface area contributed by atoms with E-state index >= 15 is 0 Å². The number of benzene rings is 2. The van der Waals surface area contributed by atoms with E-state index in [9.17, 15) is 14.3 Å². The van der Waals surface area contributed by atoms with Crippen molar-refractivity contribution in [1.29, 1.82) is 0 Å². The molecule has 3 rings (SSSR count). The lowest BCUT2D eigenvalue weighted by Crippen LogP contribution is -2.40. The molecule has 3 N–H and O–H groups in total. The average Bonchev–Trinajstić information content (AvgIpc) is 2.78. The van der Waals surface area contributed by atoms with Crippen molar-refractivity contribution in [2.24, 2.45) is 0 Å². The summed E-state index contributed by atoms with van der Waals surface area (Å²) >= 11 is 18.3. The number of urea groups is 1. The third-order valence-electron chi connectivity index (χ3n) is 5.11. The smallest absolute Gasteiger partial charge is 0.327 e. The van der Waals surface area contributed by atoms with Crippen molar-refractivity contribution in [3.63, 3.8) is 0 Å². The number of halogens is 4. The van der Waals surface area contributed by atoms with Crippen LogP contribution in [0.3, 0.4) is 0 Å². The molecule has 0 bridgehead atoms. The van der Waals surface area contributed by atoms with Gasteiger partial charge in [-0.2, -0.15) is 4.98 Å². The van der Waals surface area contributed by atoms with E-state index in [1.54, 1.807) is 32.9 Å². The number of aliphatic hydroxyl groups is 1. The molecule has 0 aliphatic rings. The van der Waals surface area contributed by atoms with E-state index in [0.29, 0.717) is 16.3 Å². The molecular weight excluding hydrogens is 504 g/mol. The standard InChI is InChI=1S/C23H23Cl3FN5O2/c1-13(23(2,3)34)30-21-28-11-10-18(31-21)32(16-7-5-15(27)6-8-16)22(33)29-12-14-4-9-17(24)20(26)19(14)25/h4-11,13,34H,12H2,1-3H3,(H,29,33)(H,28,30,31). The summed E-state index contributed by atoms with van der Waals surface area (Å²) in [5, 5.41) is 16.7. The molecule has 0 spiro atoms. The Morgan fingerprint density at radius 2 is 1.79 bits per heavy atom. The zero-order valence-electron chi connectivity index (χ0n) is 18.6. The Balaban J connectivity index is 1.90. The number of hydrogen-bond donors (Lipinski definition) is 3. The van der Waals surface area contributed by atoms with E-state index in [2.05, 4.69) is 20.6 Å². The lowest BCUT2D eigenvalue weighted by atomic mass is 10.0. The van der Waals surface area contributed by atoms with Crippen molar-refractivity contribution in [2.75, 3.05) is 10.2 Å². The molecule has 180 valence electrons. The van der Waals surface area contributed by atoms with Gasteiger partial charge >= 0.3 is 6.03 Å². The Morgan fingerprint density at radius 1 is 1.12 bits per heavy atom. The molecule has 0 aliphatic heterocycles. The number of amides is 2. The fraction of sp³-hybridized carbons (Fsp3) is 0.261. The molecule has 1 heterocycles. The van der Waals surface area contributed by atoms with Crippen LogP contribution in [0.1, 0.15) is 26.3 Å². The summed E-state index contributed by atoms with van der Waals surface area (Å²) in [5.41, 5.74) is -0.0983. The molecule has 2 amide bonds. The fourth-order valence-corrected chi connectivity index (χ4v) is 3.43. The van der Waals surface area contributed by atoms with Crippen LogP contribution in [0.25, 0.3) is 0 Å². The van der Waals surface area contributed by atoms with Gasteiger partial charge in [-0.05, 0) is 56.7 Å². The van der Waals surface area contributed by atoms with Crippen molar-refractivity contribution in [3.05, 3.63) is 75.1 Å². The fourth-order valence-electron chi connectivity index (χ4n) is 2.81. The highest BCUT2D eigenvalue weighted by atomic mass is 35.5. The number of carbonyl (C=O) groups excluding carboxylic acids is 1. The Morgan fingerprint density at radius 3 is 2.44 bits per heavy atom. The average molecular weight is 527 g/mol. The van der Waals surface area contributed by atoms with Gasteiger partial charge in [0.15, 0.2) is 0 Å². The lowest BCUT2D eigenvalue weighted by molar-refractivity contribution is 0.0646. The zero-order valence-corrected chi connectivity index (χ0v) is 20.9. The van der Waals surface area contributed by atoms with Crippen molar-refractivity contribution in [2.45, 2.75) is 39.0 Å². The molecule has 11 heteroatoms. The predicted molar refractivity (Wildman–Crippen MR) is 134 cm³/mol. The summed E-state index contributed by atoms with van der Waals surface area (Å²) in [6, 6.07) is 9.23. The molecule has 0 fully saturated rings. The second-order valence-corrected chi connectivity index (χ2v) is 9.23. The van der Waals surface area contributed by atoms with Crippen molar-refractivity contribution in [1.82, 2.24) is 15.3 Å². The quantitative estimate of drug-likeness (QED) is 0.319. The van der Waals surface area contributed by atoms with E-state index in [0.717, 1.165) is 0 Å². The SMILES string of the molecule is CC(Nc1nccc(N(C(=O)NCc2ccc(Cl)c(Cl)c2Cl)c2ccc(F)cc2)n1)C(C)(C)O. The van der Waals surface area contributed by atoms with Crippen molar-refractivity contribution < 1.29 is 14.3 Å². The van der Waals surface area contributed by atoms with Gasteiger partial charge in [-0.1, -0.05) is 40.9 Å². The van der Waals surface area contributed by atoms with Crippen LogP contribution >= 0.6 is 34.8 Å². The molecule has 3 aromatic rings. The van der Waals surface area contributed by atoms with Gasteiger partial charge < -0.3 is 15.7 Å². The molecule has 0 saturated heterocycles. The largest absolute Gasteiger partial charge is 0.388 e. The first-order valence-electron chi connectivity index (χ1n) is 10.2. The number of nitrogens with zero attached hydrogens (tertiary/aromatic N) is 3. The minimum Gasteiger partial charge on any atom is -0.388 e. The van der Waals surface area contributed by atoms with Crippen LogP contribution in [0.5, 0.6) is 0 Å². The van der Waals surface area contributed by atoms with Crippen LogP contribution in [0, 0.1) is 5.82 Å². The van der Waals surface area contributed by atoms with E-state index in [1.807, 2.05) is 0 Å². The van der Waals surface area contributed by atoms with Gasteiger partial charge in [0.25, 0.3) is 0 Å². The summed E-state index contributed by atoms with van der Waals surface area (Å²) in [6.45, 7) is 5.14. The number of rotatable bonds is 7. The zero-order chi connectivity index (χ0) is 25.0. The van der Waals surface area contributed by atoms with Gasteiger partial charge in [0.05, 0.1) is 32.4 Å². The van der Waals surface area contributed by atoms with Gasteiger partial charge in [-0.3, -0.25) is 0 Å². The summed E-state index contributed by atoms with van der Waals surface area (Å²) < 4.78 is 13.5. The molecule has 2 aromatic carbocycles. The third kappa shape index (κ3) is 6.27. The Hall–Kier alpha value is -2.65. The second kappa shape index (κ2) is 10.7. The number of anilines is 3. The monoisotopic (exact) mass is 525 g/mol. The van der Waals surface area contributed by atoms with Crippen LogP contribution < -0.4 is 15.5 Å². The maximum atomic E-state index is 13.5. The molecule has 1 unspecified atom stereocenters. The molecule has 0 saturated carbocycles. The number of carbonyl (C=O) groups is 1. The van der Waals surface area contributed by atoms with Gasteiger partial charge in [-0.15, -0.1) is 0 Å². The van der Waals surface area contributed by atoms with Gasteiger partial charge in [0.1, 0.15) is 11.6 Å². The molecular formula is C23H23Cl3FN5O2. The lowest BCUT2D eigenvalue weighted by Gasteiger charge is -2.27. The molecule has 1 atom stereocenters. The highest BCUT2D eigenvalue weighted by molar-refractivity contribution is 6.48. The van der Waals surface area contributed by atoms with E-state index in [4.69, 9.17) is 34.8 Å². The first kappa shape index (κ1) is 26.0. The predicted octanol–water partition coefficient (Wildman–Crippen LogP) is 6.20. The van der Waals surface area contributed by atoms with Crippen LogP contribution in [0.15, 0.2) is 48.7 Å². The summed E-state index contributed by atoms with van der Waals surface area (Å²) in [4.78, 5) is 23.1. The normalized spacial score (nSPS) is 12.2. The van der Waals surface area contributed by atoms with Crippen LogP contribution in [0.2, 0.25) is 15.1 Å². The minimum atomic E-state index is -1.04. The maximum Gasteiger partial charge on any atom is 0.327 e. The summed E-state index contributed by atoms with van der Waals surface area (Å²) in [7, 11) is 0. The number of nitrogens with one attached hydrogen (secondary N) is 2. The van der Waals surface area contributed by atoms with Crippen molar-refractivity contribution >= 4 is 58.3 Å². The van der Waals surface area contributed by atoms with E-state index in [1.165, 1.54) is 41.4 Å². The molecule has 1 aromatic heterocycles. The molecule has 0 aliphatic carbocycles. The Kier molecular flexibility index (Phi) is 8.20. The topological polar surface area (TPSA) is 90.4 Å². The minimum absolute atomic E-state index is 0.0537. The summed E-state index contributed by atoms with van der Waals surface area (Å²) in [6.07, 6.45) is 1.47. The highest BCUT2D eigenvalue weighted by Crippen LogP contribution is 2.33. The van der Waals surface area contributed by atoms with E-state index in [-0.39, 0.29) is 34.4 Å². The Labute approximate surface area is 211 Å². The first-order chi connectivity index (χ1) is 16.0.